The maximum absolute atomic E-state index is 12.7. The number of carbonyl (C=O) groups excluding carboxylic acids is 1. The molecule has 0 bridgehead atoms. The first kappa shape index (κ1) is 17.1. The number of rotatable bonds is 6. The molecule has 3 rings (SSSR count). The Labute approximate surface area is 143 Å². The number of hydrogen-bond donors (Lipinski definition) is 2. The van der Waals surface area contributed by atoms with Crippen LogP contribution in [0.15, 0.2) is 6.07 Å². The molecule has 1 aliphatic heterocycles. The Morgan fingerprint density at radius 2 is 2.25 bits per heavy atom. The summed E-state index contributed by atoms with van der Waals surface area (Å²) in [5.74, 6) is 1.60. The molecule has 1 spiro atoms. The Balaban J connectivity index is 1.87. The zero-order valence-corrected chi connectivity index (χ0v) is 14.5. The van der Waals surface area contributed by atoms with Crippen LogP contribution in [0.3, 0.4) is 0 Å². The summed E-state index contributed by atoms with van der Waals surface area (Å²) in [5, 5.41) is 2.98. The minimum atomic E-state index is -0.179. The van der Waals surface area contributed by atoms with Gasteiger partial charge in [-0.05, 0) is 39.0 Å². The Hall–Kier alpha value is -1.73. The first-order valence-corrected chi connectivity index (χ1v) is 8.70. The van der Waals surface area contributed by atoms with Gasteiger partial charge in [-0.3, -0.25) is 4.79 Å². The number of aromatic nitrogens is 2. The highest BCUT2D eigenvalue weighted by molar-refractivity contribution is 5.86. The van der Waals surface area contributed by atoms with Crippen molar-refractivity contribution < 1.29 is 9.53 Å². The van der Waals surface area contributed by atoms with E-state index in [1.165, 1.54) is 6.42 Å². The Morgan fingerprint density at radius 3 is 2.88 bits per heavy atom. The minimum Gasteiger partial charge on any atom is -0.383 e. The fourth-order valence-corrected chi connectivity index (χ4v) is 3.95. The molecule has 0 radical (unpaired) electrons. The lowest BCUT2D eigenvalue weighted by Gasteiger charge is -2.48. The first-order chi connectivity index (χ1) is 11.6. The largest absolute Gasteiger partial charge is 0.383 e. The fraction of sp³-hybridized carbons (Fsp3) is 0.706. The summed E-state index contributed by atoms with van der Waals surface area (Å²) in [6.45, 7) is 3.30. The van der Waals surface area contributed by atoms with Crippen molar-refractivity contribution in [3.8, 4) is 0 Å². The Bertz CT molecular complexity index is 603. The molecule has 24 heavy (non-hydrogen) atoms. The summed E-state index contributed by atoms with van der Waals surface area (Å²) in [5.41, 5.74) is 6.67. The monoisotopic (exact) mass is 333 g/mol. The molecule has 132 valence electrons. The second-order valence-corrected chi connectivity index (χ2v) is 6.76. The van der Waals surface area contributed by atoms with Crippen LogP contribution in [0.5, 0.6) is 0 Å². The third-order valence-electron chi connectivity index (χ3n) is 5.23. The second kappa shape index (κ2) is 7.03. The number of nitrogens with one attached hydrogen (secondary N) is 1. The van der Waals surface area contributed by atoms with Crippen molar-refractivity contribution in [2.45, 2.75) is 57.2 Å². The predicted octanol–water partition coefficient (Wildman–Crippen LogP) is 0.898. The van der Waals surface area contributed by atoms with Gasteiger partial charge >= 0.3 is 0 Å². The van der Waals surface area contributed by atoms with Gasteiger partial charge in [-0.25, -0.2) is 9.97 Å². The van der Waals surface area contributed by atoms with E-state index in [2.05, 4.69) is 20.2 Å². The molecule has 0 aromatic carbocycles. The standard InChI is InChI=1S/C17H27N5O2/c1-12-20-13(11-18)10-15(21-12)22-14(16(23)19-8-9-24-2)4-7-17(22)5-3-6-17/h10,14H,3-9,11,18H2,1-2H3,(H,19,23). The van der Waals surface area contributed by atoms with Crippen LogP contribution in [0.2, 0.25) is 0 Å². The summed E-state index contributed by atoms with van der Waals surface area (Å²) < 4.78 is 5.02. The topological polar surface area (TPSA) is 93.4 Å². The Morgan fingerprint density at radius 1 is 1.46 bits per heavy atom. The second-order valence-electron chi connectivity index (χ2n) is 6.76. The third kappa shape index (κ3) is 3.10. The van der Waals surface area contributed by atoms with Crippen LogP contribution in [0, 0.1) is 6.92 Å². The van der Waals surface area contributed by atoms with Crippen LogP contribution in [0.25, 0.3) is 0 Å². The lowest BCUT2D eigenvalue weighted by molar-refractivity contribution is -0.122. The summed E-state index contributed by atoms with van der Waals surface area (Å²) in [4.78, 5) is 23.9. The Kier molecular flexibility index (Phi) is 5.01. The van der Waals surface area contributed by atoms with E-state index < -0.39 is 0 Å². The maximum Gasteiger partial charge on any atom is 0.242 e. The SMILES string of the molecule is COCCNC(=O)C1CCC2(CCC2)N1c1cc(CN)nc(C)n1. The first-order valence-electron chi connectivity index (χ1n) is 8.70. The van der Waals surface area contributed by atoms with Crippen molar-refractivity contribution in [3.63, 3.8) is 0 Å². The lowest BCUT2D eigenvalue weighted by Crippen LogP contribution is -2.56. The predicted molar refractivity (Wildman–Crippen MR) is 91.6 cm³/mol. The van der Waals surface area contributed by atoms with Crippen molar-refractivity contribution in [3.05, 3.63) is 17.6 Å². The normalized spacial score (nSPS) is 21.8. The molecule has 7 heteroatoms. The number of carbonyl (C=O) groups is 1. The number of methoxy groups -OCH3 is 1. The molecule has 1 unspecified atom stereocenters. The highest BCUT2D eigenvalue weighted by atomic mass is 16.5. The van der Waals surface area contributed by atoms with E-state index in [1.807, 2.05) is 13.0 Å². The maximum atomic E-state index is 12.7. The highest BCUT2D eigenvalue weighted by Gasteiger charge is 2.52. The molecule has 1 aromatic heterocycles. The van der Waals surface area contributed by atoms with Crippen LogP contribution < -0.4 is 16.0 Å². The quantitative estimate of drug-likeness (QED) is 0.751. The van der Waals surface area contributed by atoms with E-state index in [1.54, 1.807) is 7.11 Å². The van der Waals surface area contributed by atoms with E-state index in [4.69, 9.17) is 10.5 Å². The van der Waals surface area contributed by atoms with E-state index in [9.17, 15) is 4.79 Å². The number of hydrogen-bond acceptors (Lipinski definition) is 6. The summed E-state index contributed by atoms with van der Waals surface area (Å²) in [7, 11) is 1.63. The zero-order valence-electron chi connectivity index (χ0n) is 14.5. The van der Waals surface area contributed by atoms with Crippen LogP contribution in [-0.2, 0) is 16.1 Å². The van der Waals surface area contributed by atoms with E-state index in [-0.39, 0.29) is 17.5 Å². The average molecular weight is 333 g/mol. The van der Waals surface area contributed by atoms with Crippen LogP contribution in [0.4, 0.5) is 5.82 Å². The summed E-state index contributed by atoms with van der Waals surface area (Å²) in [6.07, 6.45) is 5.35. The molecule has 2 fully saturated rings. The average Bonchev–Trinajstić information content (AvgIpc) is 2.95. The fourth-order valence-electron chi connectivity index (χ4n) is 3.95. The van der Waals surface area contributed by atoms with E-state index in [0.29, 0.717) is 25.5 Å². The molecule has 7 nitrogen and oxygen atoms in total. The van der Waals surface area contributed by atoms with Gasteiger partial charge in [0.05, 0.1) is 12.3 Å². The van der Waals surface area contributed by atoms with Gasteiger partial charge in [-0.15, -0.1) is 0 Å². The van der Waals surface area contributed by atoms with Gasteiger partial charge in [0, 0.05) is 31.8 Å². The smallest absolute Gasteiger partial charge is 0.242 e. The molecular weight excluding hydrogens is 306 g/mol. The molecule has 2 aliphatic rings. The van der Waals surface area contributed by atoms with Gasteiger partial charge < -0.3 is 20.7 Å². The van der Waals surface area contributed by atoms with Crippen molar-refractivity contribution in [1.29, 1.82) is 0 Å². The van der Waals surface area contributed by atoms with Crippen molar-refractivity contribution in [1.82, 2.24) is 15.3 Å². The summed E-state index contributed by atoms with van der Waals surface area (Å²) in [6, 6.07) is 1.76. The number of anilines is 1. The third-order valence-corrected chi connectivity index (χ3v) is 5.23. The van der Waals surface area contributed by atoms with Gasteiger partial charge in [0.2, 0.25) is 5.91 Å². The number of ether oxygens (including phenoxy) is 1. The van der Waals surface area contributed by atoms with Gasteiger partial charge in [0.1, 0.15) is 17.7 Å². The molecule has 1 atom stereocenters. The molecule has 3 N–H and O–H groups in total. The van der Waals surface area contributed by atoms with Crippen LogP contribution >= 0.6 is 0 Å². The molecule has 1 aromatic rings. The minimum absolute atomic E-state index is 0.0568. The lowest BCUT2D eigenvalue weighted by atomic mass is 9.75. The van der Waals surface area contributed by atoms with Gasteiger partial charge in [-0.1, -0.05) is 0 Å². The van der Waals surface area contributed by atoms with Crippen molar-refractivity contribution in [2.24, 2.45) is 5.73 Å². The van der Waals surface area contributed by atoms with Crippen LogP contribution in [0.1, 0.15) is 43.6 Å². The van der Waals surface area contributed by atoms with Gasteiger partial charge in [-0.2, -0.15) is 0 Å². The van der Waals surface area contributed by atoms with Gasteiger partial charge in [0.15, 0.2) is 0 Å². The van der Waals surface area contributed by atoms with E-state index >= 15 is 0 Å². The molecular formula is C17H27N5O2. The number of amides is 1. The molecule has 1 saturated heterocycles. The van der Waals surface area contributed by atoms with Crippen molar-refractivity contribution >= 4 is 11.7 Å². The molecule has 1 amide bonds. The zero-order chi connectivity index (χ0) is 17.2. The number of aryl methyl sites for hydroxylation is 1. The van der Waals surface area contributed by atoms with Gasteiger partial charge in [0.25, 0.3) is 0 Å². The number of nitrogens with zero attached hydrogens (tertiary/aromatic N) is 3. The molecule has 1 saturated carbocycles. The van der Waals surface area contributed by atoms with Crippen molar-refractivity contribution in [2.75, 3.05) is 25.2 Å². The van der Waals surface area contributed by atoms with E-state index in [0.717, 1.165) is 37.2 Å². The summed E-state index contributed by atoms with van der Waals surface area (Å²) >= 11 is 0. The number of nitrogens with two attached hydrogens (primary N) is 1. The molecule has 1 aliphatic carbocycles. The molecule has 2 heterocycles. The van der Waals surface area contributed by atoms with Crippen LogP contribution in [-0.4, -0.2) is 47.7 Å². The highest BCUT2D eigenvalue weighted by Crippen LogP contribution is 2.49.